The molecule has 0 unspecified atom stereocenters. The molecule has 2 heterocycles. The van der Waals surface area contributed by atoms with Crippen molar-refractivity contribution in [2.45, 2.75) is 31.7 Å². The highest BCUT2D eigenvalue weighted by molar-refractivity contribution is 5.66. The van der Waals surface area contributed by atoms with Crippen molar-refractivity contribution in [1.29, 1.82) is 5.26 Å². The number of carboxylic acid groups (broad SMARTS) is 1. The van der Waals surface area contributed by atoms with Gasteiger partial charge in [-0.25, -0.2) is 0 Å². The van der Waals surface area contributed by atoms with Gasteiger partial charge in [-0.05, 0) is 36.6 Å². The molecule has 0 amide bonds. The Kier molecular flexibility index (Phi) is 6.90. The number of allylic oxidation sites excluding steroid dienone is 2. The molecule has 0 radical (unpaired) electrons. The Balaban J connectivity index is 1.71. The van der Waals surface area contributed by atoms with Crippen molar-refractivity contribution in [2.24, 2.45) is 5.92 Å². The summed E-state index contributed by atoms with van der Waals surface area (Å²) in [7, 11) is 0. The quantitative estimate of drug-likeness (QED) is 0.727. The maximum absolute atomic E-state index is 10.6. The van der Waals surface area contributed by atoms with Gasteiger partial charge in [0.25, 0.3) is 0 Å². The van der Waals surface area contributed by atoms with Gasteiger partial charge in [-0.2, -0.15) is 5.26 Å². The second-order valence-electron chi connectivity index (χ2n) is 6.64. The van der Waals surface area contributed by atoms with Gasteiger partial charge in [-0.1, -0.05) is 30.4 Å². The summed E-state index contributed by atoms with van der Waals surface area (Å²) in [5.41, 5.74) is 2.43. The fourth-order valence-electron chi connectivity index (χ4n) is 3.15. The lowest BCUT2D eigenvalue weighted by Gasteiger charge is -2.36. The van der Waals surface area contributed by atoms with Crippen LogP contribution in [0.5, 0.6) is 0 Å². The summed E-state index contributed by atoms with van der Waals surface area (Å²) >= 11 is 0. The lowest BCUT2D eigenvalue weighted by Crippen LogP contribution is -2.30. The summed E-state index contributed by atoms with van der Waals surface area (Å²) in [6.45, 7) is 0.507. The van der Waals surface area contributed by atoms with Crippen molar-refractivity contribution in [1.82, 2.24) is 4.98 Å². The summed E-state index contributed by atoms with van der Waals surface area (Å²) < 4.78 is 12.2. The summed E-state index contributed by atoms with van der Waals surface area (Å²) in [4.78, 5) is 14.8. The molecule has 0 saturated carbocycles. The molecule has 1 aromatic carbocycles. The molecule has 1 aromatic heterocycles. The second kappa shape index (κ2) is 9.79. The van der Waals surface area contributed by atoms with E-state index in [0.29, 0.717) is 18.6 Å². The van der Waals surface area contributed by atoms with E-state index in [4.69, 9.17) is 19.8 Å². The predicted octanol–water partition coefficient (Wildman–Crippen LogP) is 4.17. The predicted molar refractivity (Wildman–Crippen MR) is 102 cm³/mol. The topological polar surface area (TPSA) is 92.4 Å². The fourth-order valence-corrected chi connectivity index (χ4v) is 3.15. The monoisotopic (exact) mass is 378 g/mol. The normalized spacial score (nSPS) is 22.0. The van der Waals surface area contributed by atoms with Gasteiger partial charge in [0.15, 0.2) is 6.29 Å². The molecule has 1 fully saturated rings. The number of hydrogen-bond acceptors (Lipinski definition) is 5. The zero-order chi connectivity index (χ0) is 19.8. The van der Waals surface area contributed by atoms with E-state index in [9.17, 15) is 4.79 Å². The molecule has 6 nitrogen and oxygen atoms in total. The van der Waals surface area contributed by atoms with E-state index in [-0.39, 0.29) is 18.4 Å². The van der Waals surface area contributed by atoms with E-state index >= 15 is 0 Å². The number of hydrogen-bond donors (Lipinski definition) is 1. The SMILES string of the molecule is N#Cc1ccc([C@@H]2OC[C@H](C/C=C\CCC(=O)O)[C@H](c3cccnc3)O2)cc1. The number of benzene rings is 1. The summed E-state index contributed by atoms with van der Waals surface area (Å²) in [6, 6.07) is 13.2. The summed E-state index contributed by atoms with van der Waals surface area (Å²) in [5, 5.41) is 17.7. The molecule has 3 atom stereocenters. The van der Waals surface area contributed by atoms with E-state index in [1.54, 1.807) is 24.5 Å². The van der Waals surface area contributed by atoms with Crippen LogP contribution in [0, 0.1) is 17.2 Å². The highest BCUT2D eigenvalue weighted by Gasteiger charge is 2.33. The Bertz CT molecular complexity index is 843. The highest BCUT2D eigenvalue weighted by Crippen LogP contribution is 2.39. The van der Waals surface area contributed by atoms with E-state index < -0.39 is 12.3 Å². The van der Waals surface area contributed by atoms with Crippen LogP contribution in [0.1, 0.15) is 48.3 Å². The van der Waals surface area contributed by atoms with Crippen molar-refractivity contribution in [3.05, 3.63) is 77.6 Å². The molecule has 1 saturated heterocycles. The van der Waals surface area contributed by atoms with Crippen LogP contribution in [-0.2, 0) is 14.3 Å². The molecular weight excluding hydrogens is 356 g/mol. The van der Waals surface area contributed by atoms with Gasteiger partial charge in [-0.3, -0.25) is 9.78 Å². The number of ether oxygens (including phenoxy) is 2. The van der Waals surface area contributed by atoms with Gasteiger partial charge >= 0.3 is 5.97 Å². The molecule has 0 spiro atoms. The van der Waals surface area contributed by atoms with Crippen LogP contribution in [0.4, 0.5) is 0 Å². The van der Waals surface area contributed by atoms with Gasteiger partial charge in [0.2, 0.25) is 0 Å². The average Bonchev–Trinajstić information content (AvgIpc) is 2.74. The molecule has 0 aliphatic carbocycles. The van der Waals surface area contributed by atoms with Crippen molar-refractivity contribution in [3.8, 4) is 6.07 Å². The highest BCUT2D eigenvalue weighted by atomic mass is 16.7. The number of carboxylic acids is 1. The van der Waals surface area contributed by atoms with Gasteiger partial charge in [-0.15, -0.1) is 0 Å². The van der Waals surface area contributed by atoms with Crippen LogP contribution < -0.4 is 0 Å². The number of nitriles is 1. The third-order valence-electron chi connectivity index (χ3n) is 4.62. The largest absolute Gasteiger partial charge is 0.481 e. The molecule has 1 aliphatic rings. The van der Waals surface area contributed by atoms with Crippen molar-refractivity contribution in [2.75, 3.05) is 6.61 Å². The first-order valence-corrected chi connectivity index (χ1v) is 9.21. The molecule has 3 rings (SSSR count). The first-order chi connectivity index (χ1) is 13.7. The molecule has 6 heteroatoms. The average molecular weight is 378 g/mol. The summed E-state index contributed by atoms with van der Waals surface area (Å²) in [6.07, 6.45) is 8.06. The lowest BCUT2D eigenvalue weighted by atomic mass is 9.92. The Morgan fingerprint density at radius 2 is 2.07 bits per heavy atom. The molecule has 1 aliphatic heterocycles. The maximum Gasteiger partial charge on any atom is 0.303 e. The Morgan fingerprint density at radius 1 is 1.25 bits per heavy atom. The van der Waals surface area contributed by atoms with Gasteiger partial charge in [0, 0.05) is 30.3 Å². The molecule has 144 valence electrons. The van der Waals surface area contributed by atoms with E-state index in [1.807, 2.05) is 36.4 Å². The molecule has 1 N–H and O–H groups in total. The zero-order valence-corrected chi connectivity index (χ0v) is 15.4. The lowest BCUT2D eigenvalue weighted by molar-refractivity contribution is -0.244. The zero-order valence-electron chi connectivity index (χ0n) is 15.4. The fraction of sp³-hybridized carbons (Fsp3) is 0.318. The molecule has 0 bridgehead atoms. The van der Waals surface area contributed by atoms with Gasteiger partial charge in [0.05, 0.1) is 24.3 Å². The Labute approximate surface area is 164 Å². The number of nitrogens with zero attached hydrogens (tertiary/aromatic N) is 2. The number of aliphatic carboxylic acids is 1. The minimum Gasteiger partial charge on any atom is -0.481 e. The number of aromatic nitrogens is 1. The third-order valence-corrected chi connectivity index (χ3v) is 4.62. The Hall–Kier alpha value is -3.01. The van der Waals surface area contributed by atoms with Gasteiger partial charge in [0.1, 0.15) is 0 Å². The van der Waals surface area contributed by atoms with E-state index in [2.05, 4.69) is 11.1 Å². The van der Waals surface area contributed by atoms with Crippen molar-refractivity contribution >= 4 is 5.97 Å². The Morgan fingerprint density at radius 3 is 2.75 bits per heavy atom. The second-order valence-corrected chi connectivity index (χ2v) is 6.64. The molecule has 2 aromatic rings. The number of rotatable bonds is 7. The smallest absolute Gasteiger partial charge is 0.303 e. The standard InChI is InChI=1S/C22H22N2O4/c23-13-16-8-10-17(11-9-16)22-27-15-19(5-2-1-3-7-20(25)26)21(28-22)18-6-4-12-24-14-18/h1-2,4,6,8-12,14,19,21-22H,3,5,7,15H2,(H,25,26)/b2-1-/t19-,21-,22+/m0/s1. The number of carbonyl (C=O) groups is 1. The summed E-state index contributed by atoms with van der Waals surface area (Å²) in [5.74, 6) is -0.701. The third kappa shape index (κ3) is 5.26. The molecular formula is C22H22N2O4. The van der Waals surface area contributed by atoms with E-state index in [0.717, 1.165) is 17.5 Å². The minimum atomic E-state index is -0.799. The van der Waals surface area contributed by atoms with Crippen LogP contribution in [0.25, 0.3) is 0 Å². The maximum atomic E-state index is 10.6. The van der Waals surface area contributed by atoms with E-state index in [1.165, 1.54) is 0 Å². The number of pyridine rings is 1. The van der Waals surface area contributed by atoms with Crippen molar-refractivity contribution in [3.63, 3.8) is 0 Å². The van der Waals surface area contributed by atoms with Crippen molar-refractivity contribution < 1.29 is 19.4 Å². The molecule has 28 heavy (non-hydrogen) atoms. The first-order valence-electron chi connectivity index (χ1n) is 9.21. The van der Waals surface area contributed by atoms with Crippen LogP contribution in [0.3, 0.4) is 0 Å². The van der Waals surface area contributed by atoms with Crippen LogP contribution in [-0.4, -0.2) is 22.7 Å². The first kappa shape index (κ1) is 19.7. The van der Waals surface area contributed by atoms with Crippen LogP contribution in [0.2, 0.25) is 0 Å². The van der Waals surface area contributed by atoms with Crippen LogP contribution >= 0.6 is 0 Å². The van der Waals surface area contributed by atoms with Gasteiger partial charge < -0.3 is 14.6 Å². The van der Waals surface area contributed by atoms with Crippen LogP contribution in [0.15, 0.2) is 60.9 Å². The minimum absolute atomic E-state index is 0.0971.